The lowest BCUT2D eigenvalue weighted by Crippen LogP contribution is -2.53. The number of hydrogen-bond donors (Lipinski definition) is 0. The van der Waals surface area contributed by atoms with Crippen molar-refractivity contribution in [1.82, 2.24) is 9.80 Å². The van der Waals surface area contributed by atoms with Gasteiger partial charge in [0.15, 0.2) is 0 Å². The second-order valence-corrected chi connectivity index (χ2v) is 8.23. The Morgan fingerprint density at radius 2 is 2.04 bits per heavy atom. The van der Waals surface area contributed by atoms with E-state index in [1.54, 1.807) is 0 Å². The molecule has 138 valence electrons. The number of hydrogen-bond acceptors (Lipinski definition) is 4. The molecule has 4 heteroatoms. The summed E-state index contributed by atoms with van der Waals surface area (Å²) in [6.45, 7) is 12.9. The van der Waals surface area contributed by atoms with Crippen LogP contribution >= 0.6 is 0 Å². The molecule has 4 nitrogen and oxygen atoms in total. The molecule has 25 heavy (non-hydrogen) atoms. The number of ether oxygens (including phenoxy) is 2. The molecule has 3 aliphatic heterocycles. The van der Waals surface area contributed by atoms with Gasteiger partial charge in [-0.15, -0.1) is 0 Å². The Morgan fingerprint density at radius 1 is 1.20 bits per heavy atom. The van der Waals surface area contributed by atoms with Crippen LogP contribution in [0.25, 0.3) is 0 Å². The molecule has 2 fully saturated rings. The van der Waals surface area contributed by atoms with E-state index in [2.05, 4.69) is 41.8 Å². The zero-order valence-corrected chi connectivity index (χ0v) is 15.8. The Balaban J connectivity index is 1.58. The molecular weight excluding hydrogens is 312 g/mol. The van der Waals surface area contributed by atoms with E-state index in [0.717, 1.165) is 71.1 Å². The molecule has 0 bridgehead atoms. The molecule has 3 heterocycles. The molecule has 1 atom stereocenters. The van der Waals surface area contributed by atoms with Gasteiger partial charge < -0.3 is 14.4 Å². The van der Waals surface area contributed by atoms with Crippen molar-refractivity contribution in [2.75, 3.05) is 45.9 Å². The van der Waals surface area contributed by atoms with Crippen LogP contribution in [0.4, 0.5) is 0 Å². The highest BCUT2D eigenvalue weighted by molar-refractivity contribution is 5.38. The smallest absolute Gasteiger partial charge is 0.124 e. The molecule has 1 spiro atoms. The van der Waals surface area contributed by atoms with Crippen molar-refractivity contribution >= 4 is 0 Å². The third kappa shape index (κ3) is 3.86. The fourth-order valence-electron chi connectivity index (χ4n) is 4.66. The number of piperidine rings is 1. The van der Waals surface area contributed by atoms with Gasteiger partial charge in [0.2, 0.25) is 0 Å². The number of rotatable bonds is 3. The van der Waals surface area contributed by atoms with Crippen LogP contribution in [0.2, 0.25) is 0 Å². The van der Waals surface area contributed by atoms with E-state index in [1.165, 1.54) is 17.5 Å². The van der Waals surface area contributed by atoms with Gasteiger partial charge in [-0.3, -0.25) is 4.90 Å². The molecule has 1 aromatic rings. The summed E-state index contributed by atoms with van der Waals surface area (Å²) in [7, 11) is 0. The van der Waals surface area contributed by atoms with E-state index in [1.807, 2.05) is 0 Å². The molecular formula is C21H32N2O2. The second-order valence-electron chi connectivity index (χ2n) is 8.23. The summed E-state index contributed by atoms with van der Waals surface area (Å²) in [5.41, 5.74) is 2.66. The fourth-order valence-corrected chi connectivity index (χ4v) is 4.66. The number of fused-ring (bicyclic) bond motifs is 1. The average Bonchev–Trinajstić information content (AvgIpc) is 3.06. The summed E-state index contributed by atoms with van der Waals surface area (Å²) < 4.78 is 12.3. The number of aryl methyl sites for hydroxylation is 1. The standard InChI is InChI=1S/C21H32N2O2/c1-3-22-9-7-21(8-10-22)16-23(13-18-6-11-24-15-18)14-19-12-17(2)4-5-20(19)25-21/h4-5,12,18H,3,6-11,13-16H2,1-2H3/t18-/m1/s1. The Kier molecular flexibility index (Phi) is 5.03. The summed E-state index contributed by atoms with van der Waals surface area (Å²) >= 11 is 0. The molecule has 0 aromatic heterocycles. The number of benzene rings is 1. The topological polar surface area (TPSA) is 24.9 Å². The third-order valence-electron chi connectivity index (χ3n) is 6.20. The quantitative estimate of drug-likeness (QED) is 0.841. The van der Waals surface area contributed by atoms with E-state index in [-0.39, 0.29) is 5.60 Å². The number of nitrogens with zero attached hydrogens (tertiary/aromatic N) is 2. The minimum atomic E-state index is -0.0222. The Morgan fingerprint density at radius 3 is 2.76 bits per heavy atom. The van der Waals surface area contributed by atoms with Crippen LogP contribution in [0.15, 0.2) is 18.2 Å². The Hall–Kier alpha value is -1.10. The van der Waals surface area contributed by atoms with Gasteiger partial charge in [-0.2, -0.15) is 0 Å². The first-order valence-electron chi connectivity index (χ1n) is 9.97. The van der Waals surface area contributed by atoms with Crippen LogP contribution in [-0.4, -0.2) is 61.3 Å². The molecule has 0 amide bonds. The van der Waals surface area contributed by atoms with Crippen molar-refractivity contribution in [1.29, 1.82) is 0 Å². The second kappa shape index (κ2) is 7.26. The summed E-state index contributed by atoms with van der Waals surface area (Å²) in [6, 6.07) is 6.70. The van der Waals surface area contributed by atoms with E-state index < -0.39 is 0 Å². The van der Waals surface area contributed by atoms with Crippen LogP contribution in [-0.2, 0) is 11.3 Å². The highest BCUT2D eigenvalue weighted by Gasteiger charge is 2.41. The molecule has 0 N–H and O–H groups in total. The molecule has 4 rings (SSSR count). The zero-order valence-electron chi connectivity index (χ0n) is 15.8. The van der Waals surface area contributed by atoms with E-state index in [4.69, 9.17) is 9.47 Å². The maximum absolute atomic E-state index is 6.73. The van der Waals surface area contributed by atoms with Crippen LogP contribution < -0.4 is 4.74 Å². The number of likely N-dealkylation sites (tertiary alicyclic amines) is 1. The van der Waals surface area contributed by atoms with Gasteiger partial charge in [0.05, 0.1) is 6.61 Å². The van der Waals surface area contributed by atoms with E-state index in [9.17, 15) is 0 Å². The molecule has 2 saturated heterocycles. The minimum Gasteiger partial charge on any atom is -0.486 e. The summed E-state index contributed by atoms with van der Waals surface area (Å²) in [6.07, 6.45) is 3.46. The van der Waals surface area contributed by atoms with Crippen LogP contribution in [0.5, 0.6) is 5.75 Å². The largest absolute Gasteiger partial charge is 0.486 e. The van der Waals surface area contributed by atoms with Gasteiger partial charge in [-0.05, 0) is 31.9 Å². The van der Waals surface area contributed by atoms with Crippen molar-refractivity contribution in [3.8, 4) is 5.75 Å². The Bertz CT molecular complexity index is 590. The molecule has 0 radical (unpaired) electrons. The van der Waals surface area contributed by atoms with E-state index in [0.29, 0.717) is 5.92 Å². The monoisotopic (exact) mass is 344 g/mol. The van der Waals surface area contributed by atoms with Crippen molar-refractivity contribution in [3.05, 3.63) is 29.3 Å². The first-order chi connectivity index (χ1) is 12.2. The lowest BCUT2D eigenvalue weighted by molar-refractivity contribution is -0.0198. The normalized spacial score (nSPS) is 27.0. The molecule has 0 unspecified atom stereocenters. The van der Waals surface area contributed by atoms with E-state index >= 15 is 0 Å². The lowest BCUT2D eigenvalue weighted by atomic mass is 9.90. The van der Waals surface area contributed by atoms with Crippen molar-refractivity contribution in [2.24, 2.45) is 5.92 Å². The zero-order chi connectivity index (χ0) is 17.3. The predicted molar refractivity (Wildman–Crippen MR) is 100 cm³/mol. The maximum Gasteiger partial charge on any atom is 0.124 e. The van der Waals surface area contributed by atoms with Crippen LogP contribution in [0, 0.1) is 12.8 Å². The Labute approximate surface area is 152 Å². The van der Waals surface area contributed by atoms with Gasteiger partial charge in [0.25, 0.3) is 0 Å². The predicted octanol–water partition coefficient (Wildman–Crippen LogP) is 3.08. The summed E-state index contributed by atoms with van der Waals surface area (Å²) in [5.74, 6) is 1.79. The van der Waals surface area contributed by atoms with Crippen molar-refractivity contribution in [3.63, 3.8) is 0 Å². The summed E-state index contributed by atoms with van der Waals surface area (Å²) in [5, 5.41) is 0. The van der Waals surface area contributed by atoms with Crippen molar-refractivity contribution in [2.45, 2.75) is 45.3 Å². The average molecular weight is 344 g/mol. The molecule has 1 aromatic carbocycles. The first kappa shape index (κ1) is 17.3. The van der Waals surface area contributed by atoms with Gasteiger partial charge in [0.1, 0.15) is 11.4 Å². The molecule has 0 saturated carbocycles. The van der Waals surface area contributed by atoms with Crippen molar-refractivity contribution < 1.29 is 9.47 Å². The third-order valence-corrected chi connectivity index (χ3v) is 6.20. The molecule has 3 aliphatic rings. The highest BCUT2D eigenvalue weighted by Crippen LogP contribution is 2.36. The fraction of sp³-hybridized carbons (Fsp3) is 0.714. The van der Waals surface area contributed by atoms with Gasteiger partial charge >= 0.3 is 0 Å². The maximum atomic E-state index is 6.73. The first-order valence-corrected chi connectivity index (χ1v) is 9.97. The highest BCUT2D eigenvalue weighted by atomic mass is 16.5. The molecule has 0 aliphatic carbocycles. The van der Waals surface area contributed by atoms with Crippen LogP contribution in [0.1, 0.15) is 37.3 Å². The van der Waals surface area contributed by atoms with Crippen LogP contribution in [0.3, 0.4) is 0 Å². The lowest BCUT2D eigenvalue weighted by Gasteiger charge is -2.43. The van der Waals surface area contributed by atoms with Gasteiger partial charge in [-0.1, -0.05) is 24.6 Å². The van der Waals surface area contributed by atoms with Gasteiger partial charge in [0, 0.05) is 57.7 Å². The van der Waals surface area contributed by atoms with Gasteiger partial charge in [-0.25, -0.2) is 0 Å². The SMILES string of the molecule is CCN1CCC2(CC1)CN(C[C@H]1CCOC1)Cc1cc(C)ccc1O2. The summed E-state index contributed by atoms with van der Waals surface area (Å²) in [4.78, 5) is 5.19. The minimum absolute atomic E-state index is 0.0222.